The highest BCUT2D eigenvalue weighted by Gasteiger charge is 2.25. The van der Waals surface area contributed by atoms with Crippen LogP contribution in [-0.2, 0) is 4.74 Å². The number of aliphatic hydroxyl groups excluding tert-OH is 1. The Bertz CT molecular complexity index is 947. The second-order valence-electron chi connectivity index (χ2n) is 6.62. The Morgan fingerprint density at radius 1 is 1.23 bits per heavy atom. The largest absolute Gasteiger partial charge is 0.398 e. The lowest BCUT2D eigenvalue weighted by Gasteiger charge is -2.25. The van der Waals surface area contributed by atoms with Crippen LogP contribution in [0.4, 0.5) is 5.69 Å². The minimum Gasteiger partial charge on any atom is -0.398 e. The highest BCUT2D eigenvalue weighted by atomic mass is 32.1. The first kappa shape index (κ1) is 17.1. The third kappa shape index (κ3) is 3.23. The van der Waals surface area contributed by atoms with Crippen molar-refractivity contribution in [3.8, 4) is 11.3 Å². The molecule has 26 heavy (non-hydrogen) atoms. The van der Waals surface area contributed by atoms with Crippen LogP contribution in [0.3, 0.4) is 0 Å². The predicted octanol–water partition coefficient (Wildman–Crippen LogP) is 4.00. The molecule has 1 saturated heterocycles. The predicted molar refractivity (Wildman–Crippen MR) is 106 cm³/mol. The number of anilines is 1. The van der Waals surface area contributed by atoms with Gasteiger partial charge in [-0.25, -0.2) is 4.98 Å². The number of nitrogens with two attached hydrogens (primary N) is 1. The van der Waals surface area contributed by atoms with E-state index >= 15 is 0 Å². The molecule has 0 amide bonds. The fourth-order valence-corrected chi connectivity index (χ4v) is 4.48. The van der Waals surface area contributed by atoms with E-state index in [-0.39, 0.29) is 5.92 Å². The van der Waals surface area contributed by atoms with Gasteiger partial charge in [-0.05, 0) is 49.1 Å². The van der Waals surface area contributed by atoms with Crippen molar-refractivity contribution >= 4 is 33.5 Å². The number of benzene rings is 1. The van der Waals surface area contributed by atoms with Gasteiger partial charge in [-0.2, -0.15) is 0 Å². The second kappa shape index (κ2) is 7.15. The molecule has 3 heterocycles. The number of aromatic nitrogens is 1. The molecular weight excluding hydrogens is 346 g/mol. The van der Waals surface area contributed by atoms with E-state index in [4.69, 9.17) is 20.9 Å². The Kier molecular flexibility index (Phi) is 4.72. The maximum absolute atomic E-state index is 10.7. The van der Waals surface area contributed by atoms with Gasteiger partial charge < -0.3 is 21.0 Å². The number of hydrogen-bond acceptors (Lipinski definition) is 6. The summed E-state index contributed by atoms with van der Waals surface area (Å²) in [6, 6.07) is 11.6. The molecule has 1 unspecified atom stereocenters. The fraction of sp³-hybridized carbons (Fsp3) is 0.300. The van der Waals surface area contributed by atoms with Crippen LogP contribution in [0.2, 0.25) is 0 Å². The molecule has 0 saturated carbocycles. The minimum atomic E-state index is -0.456. The molecule has 1 fully saturated rings. The van der Waals surface area contributed by atoms with Crippen molar-refractivity contribution < 1.29 is 9.84 Å². The zero-order valence-electron chi connectivity index (χ0n) is 14.3. The number of nitrogen functional groups attached to an aromatic ring is 1. The number of nitrogens with one attached hydrogen (secondary N) is 1. The average molecular weight is 367 g/mol. The average Bonchev–Trinajstić information content (AvgIpc) is 3.11. The molecular formula is C20H21N3O2S. The first-order chi connectivity index (χ1) is 12.7. The highest BCUT2D eigenvalue weighted by Crippen LogP contribution is 2.37. The summed E-state index contributed by atoms with van der Waals surface area (Å²) < 4.78 is 5.39. The van der Waals surface area contributed by atoms with Gasteiger partial charge in [0.15, 0.2) is 0 Å². The normalized spacial score (nSPS) is 16.7. The summed E-state index contributed by atoms with van der Waals surface area (Å²) in [5.74, 6) is 0.253. The van der Waals surface area contributed by atoms with Crippen LogP contribution in [0.5, 0.6) is 0 Å². The minimum absolute atomic E-state index is 0.253. The molecule has 0 spiro atoms. The van der Waals surface area contributed by atoms with E-state index < -0.39 is 6.10 Å². The summed E-state index contributed by atoms with van der Waals surface area (Å²) >= 11 is 1.55. The number of nitrogens with zero attached hydrogens (tertiary/aromatic N) is 1. The van der Waals surface area contributed by atoms with E-state index in [2.05, 4.69) is 0 Å². The van der Waals surface area contributed by atoms with Gasteiger partial charge in [0.05, 0.1) is 11.8 Å². The van der Waals surface area contributed by atoms with E-state index in [9.17, 15) is 5.11 Å². The number of aliphatic hydroxyl groups is 1. The topological polar surface area (TPSA) is 92.2 Å². The standard InChI is InChI=1S/C20H21N3O2S/c21-11-15-9-13(1-3-16(15)22)17-4-2-14-10-18(26-20(14)23-17)19(24)12-5-7-25-8-6-12/h1-4,9-12,19,21,24H,5-8,22H2. The number of ether oxygens (including phenoxy) is 1. The Hall–Kier alpha value is -2.28. The maximum atomic E-state index is 10.7. The summed E-state index contributed by atoms with van der Waals surface area (Å²) in [5, 5.41) is 19.2. The molecule has 134 valence electrons. The second-order valence-corrected chi connectivity index (χ2v) is 7.68. The molecule has 1 aliphatic heterocycles. The van der Waals surface area contributed by atoms with Gasteiger partial charge in [0, 0.05) is 46.5 Å². The number of thiophene rings is 1. The molecule has 0 bridgehead atoms. The van der Waals surface area contributed by atoms with Gasteiger partial charge >= 0.3 is 0 Å². The zero-order valence-corrected chi connectivity index (χ0v) is 15.1. The first-order valence-electron chi connectivity index (χ1n) is 8.72. The smallest absolute Gasteiger partial charge is 0.124 e. The van der Waals surface area contributed by atoms with Gasteiger partial charge in [0.25, 0.3) is 0 Å². The molecule has 1 aromatic carbocycles. The van der Waals surface area contributed by atoms with E-state index in [1.165, 1.54) is 6.21 Å². The van der Waals surface area contributed by atoms with Crippen LogP contribution in [0.1, 0.15) is 29.4 Å². The van der Waals surface area contributed by atoms with Crippen LogP contribution in [0.15, 0.2) is 36.4 Å². The van der Waals surface area contributed by atoms with Crippen molar-refractivity contribution in [1.82, 2.24) is 4.98 Å². The summed E-state index contributed by atoms with van der Waals surface area (Å²) in [4.78, 5) is 6.65. The highest BCUT2D eigenvalue weighted by molar-refractivity contribution is 7.18. The van der Waals surface area contributed by atoms with Gasteiger partial charge in [0.1, 0.15) is 4.83 Å². The van der Waals surface area contributed by atoms with Crippen molar-refractivity contribution in [2.24, 2.45) is 5.92 Å². The molecule has 1 atom stereocenters. The number of rotatable bonds is 4. The molecule has 2 aromatic heterocycles. The van der Waals surface area contributed by atoms with Crippen LogP contribution < -0.4 is 5.73 Å². The summed E-state index contributed by atoms with van der Waals surface area (Å²) in [5.41, 5.74) is 8.91. The molecule has 0 aliphatic carbocycles. The number of pyridine rings is 1. The fourth-order valence-electron chi connectivity index (χ4n) is 3.37. The molecule has 5 nitrogen and oxygen atoms in total. The van der Waals surface area contributed by atoms with Crippen molar-refractivity contribution in [3.63, 3.8) is 0 Å². The lowest BCUT2D eigenvalue weighted by Crippen LogP contribution is -2.21. The van der Waals surface area contributed by atoms with Crippen molar-refractivity contribution in [1.29, 1.82) is 5.41 Å². The Labute approximate surface area is 156 Å². The van der Waals surface area contributed by atoms with Crippen LogP contribution in [0, 0.1) is 11.3 Å². The molecule has 6 heteroatoms. The summed E-state index contributed by atoms with van der Waals surface area (Å²) in [6.07, 6.45) is 2.59. The molecule has 0 radical (unpaired) electrons. The van der Waals surface area contributed by atoms with Crippen molar-refractivity contribution in [3.05, 3.63) is 46.8 Å². The molecule has 3 aromatic rings. The molecule has 4 rings (SSSR count). The molecule has 4 N–H and O–H groups in total. The van der Waals surface area contributed by atoms with E-state index in [1.54, 1.807) is 17.4 Å². The van der Waals surface area contributed by atoms with Crippen LogP contribution in [-0.4, -0.2) is 29.5 Å². The number of fused-ring (bicyclic) bond motifs is 1. The maximum Gasteiger partial charge on any atom is 0.124 e. The van der Waals surface area contributed by atoms with Gasteiger partial charge in [-0.1, -0.05) is 6.07 Å². The van der Waals surface area contributed by atoms with Crippen LogP contribution in [0.25, 0.3) is 21.5 Å². The van der Waals surface area contributed by atoms with E-state index in [0.29, 0.717) is 11.3 Å². The van der Waals surface area contributed by atoms with Crippen LogP contribution >= 0.6 is 11.3 Å². The van der Waals surface area contributed by atoms with Crippen molar-refractivity contribution in [2.75, 3.05) is 18.9 Å². The van der Waals surface area contributed by atoms with Gasteiger partial charge in [-0.15, -0.1) is 11.3 Å². The van der Waals surface area contributed by atoms with E-state index in [0.717, 1.165) is 52.4 Å². The van der Waals surface area contributed by atoms with E-state index in [1.807, 2.05) is 30.3 Å². The Balaban J connectivity index is 1.66. The third-order valence-corrected chi connectivity index (χ3v) is 6.06. The lowest BCUT2D eigenvalue weighted by atomic mass is 9.93. The van der Waals surface area contributed by atoms with Crippen molar-refractivity contribution in [2.45, 2.75) is 18.9 Å². The lowest BCUT2D eigenvalue weighted by molar-refractivity contribution is 0.00856. The zero-order chi connectivity index (χ0) is 18.1. The Morgan fingerprint density at radius 2 is 2.04 bits per heavy atom. The van der Waals surface area contributed by atoms with Gasteiger partial charge in [0.2, 0.25) is 0 Å². The SMILES string of the molecule is N=Cc1cc(-c2ccc3cc(C(O)C4CCOCC4)sc3n2)ccc1N. The monoisotopic (exact) mass is 367 g/mol. The quantitative estimate of drug-likeness (QED) is 0.480. The summed E-state index contributed by atoms with van der Waals surface area (Å²) in [6.45, 7) is 1.45. The third-order valence-electron chi connectivity index (χ3n) is 4.94. The first-order valence-corrected chi connectivity index (χ1v) is 9.54. The summed E-state index contributed by atoms with van der Waals surface area (Å²) in [7, 11) is 0. The van der Waals surface area contributed by atoms with Gasteiger partial charge in [-0.3, -0.25) is 0 Å². The Morgan fingerprint density at radius 3 is 2.81 bits per heavy atom. The molecule has 1 aliphatic rings. The number of hydrogen-bond donors (Lipinski definition) is 3.